The fourth-order valence-corrected chi connectivity index (χ4v) is 2.45. The Hall–Kier alpha value is -3.49. The maximum absolute atomic E-state index is 12.6. The summed E-state index contributed by atoms with van der Waals surface area (Å²) >= 11 is 0. The molecule has 0 saturated carbocycles. The van der Waals surface area contributed by atoms with Crippen molar-refractivity contribution in [3.8, 4) is 22.8 Å². The number of ether oxygens (including phenoxy) is 2. The van der Waals surface area contributed by atoms with E-state index in [0.717, 1.165) is 12.1 Å². The molecule has 9 heteroatoms. The molecule has 0 saturated heterocycles. The van der Waals surface area contributed by atoms with Crippen molar-refractivity contribution in [2.45, 2.75) is 6.18 Å². The molecule has 6 nitrogen and oxygen atoms in total. The Morgan fingerprint density at radius 2 is 1.79 bits per heavy atom. The van der Waals surface area contributed by atoms with Gasteiger partial charge in [-0.05, 0) is 30.3 Å². The first-order valence-corrected chi connectivity index (χ1v) is 7.98. The third-order valence-electron chi connectivity index (χ3n) is 3.88. The molecule has 28 heavy (non-hydrogen) atoms. The highest BCUT2D eigenvalue weighted by atomic mass is 19.4. The van der Waals surface area contributed by atoms with Crippen molar-refractivity contribution in [3.63, 3.8) is 0 Å². The predicted molar refractivity (Wildman–Crippen MR) is 94.4 cm³/mol. The second-order valence-corrected chi connectivity index (χ2v) is 5.63. The van der Waals surface area contributed by atoms with E-state index in [2.05, 4.69) is 10.3 Å². The molecule has 1 N–H and O–H groups in total. The zero-order valence-electron chi connectivity index (χ0n) is 14.8. The number of rotatable bonds is 5. The van der Waals surface area contributed by atoms with Gasteiger partial charge in [0.05, 0.1) is 25.3 Å². The van der Waals surface area contributed by atoms with Crippen molar-refractivity contribution in [2.24, 2.45) is 0 Å². The monoisotopic (exact) mass is 392 g/mol. The lowest BCUT2D eigenvalue weighted by atomic mass is 10.1. The van der Waals surface area contributed by atoms with E-state index in [1.807, 2.05) is 0 Å². The van der Waals surface area contributed by atoms with Crippen LogP contribution in [0.2, 0.25) is 0 Å². The fraction of sp³-hybridized carbons (Fsp3) is 0.158. The minimum absolute atomic E-state index is 0.107. The topological polar surface area (TPSA) is 73.6 Å². The van der Waals surface area contributed by atoms with Crippen LogP contribution in [0.25, 0.3) is 11.3 Å². The number of anilines is 1. The van der Waals surface area contributed by atoms with Crippen LogP contribution < -0.4 is 14.8 Å². The maximum atomic E-state index is 12.6. The molecule has 0 bridgehead atoms. The summed E-state index contributed by atoms with van der Waals surface area (Å²) in [5.74, 6) is 0.244. The van der Waals surface area contributed by atoms with E-state index < -0.39 is 17.6 Å². The zero-order chi connectivity index (χ0) is 20.3. The highest BCUT2D eigenvalue weighted by Gasteiger charge is 2.30. The van der Waals surface area contributed by atoms with Crippen LogP contribution in [0.3, 0.4) is 0 Å². The number of halogens is 3. The van der Waals surface area contributed by atoms with E-state index in [9.17, 15) is 18.0 Å². The summed E-state index contributed by atoms with van der Waals surface area (Å²) in [5, 5.41) is 2.48. The number of aromatic nitrogens is 1. The molecule has 0 atom stereocenters. The first-order valence-electron chi connectivity index (χ1n) is 7.98. The third kappa shape index (κ3) is 4.08. The smallest absolute Gasteiger partial charge is 0.416 e. The van der Waals surface area contributed by atoms with Gasteiger partial charge < -0.3 is 13.9 Å². The zero-order valence-corrected chi connectivity index (χ0v) is 14.8. The largest absolute Gasteiger partial charge is 0.497 e. The van der Waals surface area contributed by atoms with Crippen LogP contribution in [0.4, 0.5) is 19.2 Å². The third-order valence-corrected chi connectivity index (χ3v) is 3.88. The summed E-state index contributed by atoms with van der Waals surface area (Å²) in [6, 6.07) is 9.06. The number of hydrogen-bond acceptors (Lipinski definition) is 5. The van der Waals surface area contributed by atoms with Crippen LogP contribution in [0.5, 0.6) is 11.5 Å². The van der Waals surface area contributed by atoms with Crippen LogP contribution in [-0.4, -0.2) is 25.1 Å². The molecule has 0 radical (unpaired) electrons. The normalized spacial score (nSPS) is 11.2. The lowest BCUT2D eigenvalue weighted by molar-refractivity contribution is -0.137. The van der Waals surface area contributed by atoms with Gasteiger partial charge in [-0.1, -0.05) is 12.1 Å². The van der Waals surface area contributed by atoms with Crippen LogP contribution in [0, 0.1) is 0 Å². The lowest BCUT2D eigenvalue weighted by Crippen LogP contribution is -2.13. The maximum Gasteiger partial charge on any atom is 0.416 e. The number of nitrogens with one attached hydrogen (secondary N) is 1. The molecule has 1 amide bonds. The fourth-order valence-electron chi connectivity index (χ4n) is 2.45. The van der Waals surface area contributed by atoms with E-state index >= 15 is 0 Å². The number of oxazole rings is 1. The van der Waals surface area contributed by atoms with Gasteiger partial charge in [-0.2, -0.15) is 18.2 Å². The lowest BCUT2D eigenvalue weighted by Gasteiger charge is -2.09. The van der Waals surface area contributed by atoms with E-state index in [-0.39, 0.29) is 17.3 Å². The van der Waals surface area contributed by atoms with Crippen LogP contribution in [0.15, 0.2) is 53.1 Å². The van der Waals surface area contributed by atoms with E-state index in [1.54, 1.807) is 12.1 Å². The molecule has 1 aromatic heterocycles. The first-order chi connectivity index (χ1) is 13.3. The molecule has 2 aromatic carbocycles. The quantitative estimate of drug-likeness (QED) is 0.685. The highest BCUT2D eigenvalue weighted by molar-refractivity contribution is 6.05. The van der Waals surface area contributed by atoms with Gasteiger partial charge in [0.25, 0.3) is 5.91 Å². The molecule has 1 heterocycles. The van der Waals surface area contributed by atoms with E-state index in [1.165, 1.54) is 38.7 Å². The van der Waals surface area contributed by atoms with Crippen LogP contribution >= 0.6 is 0 Å². The summed E-state index contributed by atoms with van der Waals surface area (Å²) in [6.07, 6.45) is -3.18. The number of carbonyl (C=O) groups is 1. The predicted octanol–water partition coefficient (Wildman–Crippen LogP) is 4.63. The molecule has 146 valence electrons. The van der Waals surface area contributed by atoms with Gasteiger partial charge in [-0.3, -0.25) is 10.1 Å². The second kappa shape index (κ2) is 7.63. The average Bonchev–Trinajstić information content (AvgIpc) is 3.15. The van der Waals surface area contributed by atoms with Crippen LogP contribution in [0.1, 0.15) is 15.9 Å². The summed E-state index contributed by atoms with van der Waals surface area (Å²) in [6.45, 7) is 0. The Labute approximate surface area is 157 Å². The second-order valence-electron chi connectivity index (χ2n) is 5.63. The number of nitrogens with zero attached hydrogens (tertiary/aromatic N) is 1. The number of amides is 1. The SMILES string of the molecule is COc1ccc(OC)c(C(=O)Nc2nc(-c3ccc(C(F)(F)F)cc3)co2)c1. The standard InChI is InChI=1S/C19H15F3N2O4/c1-26-13-7-8-16(27-2)14(9-13)17(25)24-18-23-15(10-28-18)11-3-5-12(6-4-11)19(20,21)22/h3-10H,1-2H3,(H,23,24,25). The summed E-state index contributed by atoms with van der Waals surface area (Å²) in [5.41, 5.74) is 0.132. The molecule has 0 fully saturated rings. The number of hydrogen-bond donors (Lipinski definition) is 1. The van der Waals surface area contributed by atoms with Crippen molar-refractivity contribution >= 4 is 11.9 Å². The molecule has 0 aliphatic rings. The van der Waals surface area contributed by atoms with Gasteiger partial charge in [-0.25, -0.2) is 0 Å². The van der Waals surface area contributed by atoms with E-state index in [4.69, 9.17) is 13.9 Å². The molecular weight excluding hydrogens is 377 g/mol. The summed E-state index contributed by atoms with van der Waals surface area (Å²) in [4.78, 5) is 16.6. The Morgan fingerprint density at radius 3 is 2.39 bits per heavy atom. The van der Waals surface area contributed by atoms with Gasteiger partial charge in [0.1, 0.15) is 23.5 Å². The molecular formula is C19H15F3N2O4. The Bertz CT molecular complexity index is 982. The number of methoxy groups -OCH3 is 2. The molecule has 3 aromatic rings. The van der Waals surface area contributed by atoms with Crippen molar-refractivity contribution in [3.05, 3.63) is 59.9 Å². The molecule has 3 rings (SSSR count). The minimum Gasteiger partial charge on any atom is -0.497 e. The van der Waals surface area contributed by atoms with Gasteiger partial charge in [0, 0.05) is 5.56 Å². The molecule has 0 aliphatic heterocycles. The van der Waals surface area contributed by atoms with Gasteiger partial charge >= 0.3 is 12.2 Å². The Morgan fingerprint density at radius 1 is 1.07 bits per heavy atom. The van der Waals surface area contributed by atoms with Gasteiger partial charge in [0.2, 0.25) is 0 Å². The van der Waals surface area contributed by atoms with Crippen molar-refractivity contribution < 1.29 is 31.9 Å². The van der Waals surface area contributed by atoms with Gasteiger partial charge in [0.15, 0.2) is 0 Å². The van der Waals surface area contributed by atoms with E-state index in [0.29, 0.717) is 17.1 Å². The molecule has 0 spiro atoms. The average molecular weight is 392 g/mol. The van der Waals surface area contributed by atoms with Gasteiger partial charge in [-0.15, -0.1) is 0 Å². The summed E-state index contributed by atoms with van der Waals surface area (Å²) < 4.78 is 53.4. The molecule has 0 aliphatic carbocycles. The number of alkyl halides is 3. The van der Waals surface area contributed by atoms with Crippen LogP contribution in [-0.2, 0) is 6.18 Å². The Balaban J connectivity index is 1.79. The first kappa shape index (κ1) is 19.3. The van der Waals surface area contributed by atoms with Crippen molar-refractivity contribution in [2.75, 3.05) is 19.5 Å². The minimum atomic E-state index is -4.42. The Kier molecular flexibility index (Phi) is 5.25. The summed E-state index contributed by atoms with van der Waals surface area (Å²) in [7, 11) is 2.89. The number of carbonyl (C=O) groups excluding carboxylic acids is 1. The van der Waals surface area contributed by atoms with Crippen molar-refractivity contribution in [1.29, 1.82) is 0 Å². The van der Waals surface area contributed by atoms with Crippen molar-refractivity contribution in [1.82, 2.24) is 4.98 Å². The highest BCUT2D eigenvalue weighted by Crippen LogP contribution is 2.31. The molecule has 0 unspecified atom stereocenters. The number of benzene rings is 2.